The lowest BCUT2D eigenvalue weighted by Gasteiger charge is -2.34. The number of hydrogen-bond donors (Lipinski definition) is 1. The molecule has 1 atom stereocenters. The first-order valence-corrected chi connectivity index (χ1v) is 9.64. The Morgan fingerprint density at radius 2 is 2.14 bits per heavy atom. The SMILES string of the molecule is CCCC(C)(CNCC(C)C)CN(C)Cc1cc(Br)cs1. The van der Waals surface area contributed by atoms with E-state index in [1.165, 1.54) is 22.2 Å². The van der Waals surface area contributed by atoms with E-state index in [-0.39, 0.29) is 0 Å². The van der Waals surface area contributed by atoms with Crippen molar-refractivity contribution in [1.82, 2.24) is 10.2 Å². The molecule has 4 heteroatoms. The number of nitrogens with zero attached hydrogens (tertiary/aromatic N) is 1. The molecule has 1 aromatic heterocycles. The molecule has 0 saturated heterocycles. The highest BCUT2D eigenvalue weighted by Crippen LogP contribution is 2.26. The van der Waals surface area contributed by atoms with Gasteiger partial charge in [-0.25, -0.2) is 0 Å². The Bertz CT molecular complexity index is 405. The lowest BCUT2D eigenvalue weighted by atomic mass is 9.84. The van der Waals surface area contributed by atoms with Crippen LogP contribution in [0.3, 0.4) is 0 Å². The molecule has 1 heterocycles. The molecule has 0 fully saturated rings. The van der Waals surface area contributed by atoms with Crippen molar-refractivity contribution >= 4 is 27.3 Å². The minimum Gasteiger partial charge on any atom is -0.316 e. The fourth-order valence-corrected chi connectivity index (χ4v) is 4.43. The van der Waals surface area contributed by atoms with Gasteiger partial charge >= 0.3 is 0 Å². The molecule has 0 saturated carbocycles. The molecule has 0 aliphatic rings. The van der Waals surface area contributed by atoms with E-state index in [1.807, 2.05) is 11.3 Å². The zero-order valence-electron chi connectivity index (χ0n) is 14.2. The van der Waals surface area contributed by atoms with Crippen molar-refractivity contribution in [3.63, 3.8) is 0 Å². The van der Waals surface area contributed by atoms with Crippen LogP contribution in [-0.2, 0) is 6.54 Å². The third kappa shape index (κ3) is 7.78. The average Bonchev–Trinajstić information content (AvgIpc) is 2.73. The van der Waals surface area contributed by atoms with E-state index in [2.05, 4.69) is 72.3 Å². The van der Waals surface area contributed by atoms with E-state index < -0.39 is 0 Å². The molecule has 0 aliphatic carbocycles. The van der Waals surface area contributed by atoms with E-state index >= 15 is 0 Å². The van der Waals surface area contributed by atoms with Gasteiger partial charge in [0.15, 0.2) is 0 Å². The van der Waals surface area contributed by atoms with Crippen LogP contribution in [0.5, 0.6) is 0 Å². The Morgan fingerprint density at radius 3 is 2.67 bits per heavy atom. The fourth-order valence-electron chi connectivity index (χ4n) is 2.90. The average molecular weight is 375 g/mol. The summed E-state index contributed by atoms with van der Waals surface area (Å²) in [7, 11) is 2.24. The van der Waals surface area contributed by atoms with Crippen LogP contribution >= 0.6 is 27.3 Å². The molecule has 21 heavy (non-hydrogen) atoms. The molecule has 0 bridgehead atoms. The van der Waals surface area contributed by atoms with Gasteiger partial charge in [-0.2, -0.15) is 0 Å². The first-order valence-electron chi connectivity index (χ1n) is 7.97. The third-order valence-electron chi connectivity index (χ3n) is 3.66. The van der Waals surface area contributed by atoms with Gasteiger partial charge in [0.25, 0.3) is 0 Å². The lowest BCUT2D eigenvalue weighted by Crippen LogP contribution is -2.41. The summed E-state index contributed by atoms with van der Waals surface area (Å²) in [4.78, 5) is 3.89. The van der Waals surface area contributed by atoms with Crippen LogP contribution in [-0.4, -0.2) is 31.6 Å². The molecule has 0 aliphatic heterocycles. The smallest absolute Gasteiger partial charge is 0.0325 e. The molecule has 1 aromatic rings. The summed E-state index contributed by atoms with van der Waals surface area (Å²) in [6.45, 7) is 13.7. The Labute approximate surface area is 143 Å². The van der Waals surface area contributed by atoms with Crippen LogP contribution in [0.25, 0.3) is 0 Å². The first-order chi connectivity index (χ1) is 9.84. The zero-order chi connectivity index (χ0) is 15.9. The van der Waals surface area contributed by atoms with Crippen molar-refractivity contribution in [1.29, 1.82) is 0 Å². The van der Waals surface area contributed by atoms with Crippen LogP contribution in [0, 0.1) is 11.3 Å². The molecule has 0 radical (unpaired) electrons. The van der Waals surface area contributed by atoms with Gasteiger partial charge in [-0.15, -0.1) is 11.3 Å². The maximum Gasteiger partial charge on any atom is 0.0325 e. The van der Waals surface area contributed by atoms with E-state index in [9.17, 15) is 0 Å². The topological polar surface area (TPSA) is 15.3 Å². The second-order valence-electron chi connectivity index (χ2n) is 6.99. The van der Waals surface area contributed by atoms with Gasteiger partial charge in [0, 0.05) is 34.4 Å². The summed E-state index contributed by atoms with van der Waals surface area (Å²) in [6, 6.07) is 2.23. The Balaban J connectivity index is 2.50. The second-order valence-corrected chi connectivity index (χ2v) is 8.90. The van der Waals surface area contributed by atoms with Crippen LogP contribution < -0.4 is 5.32 Å². The molecule has 1 rings (SSSR count). The number of halogens is 1. The van der Waals surface area contributed by atoms with Crippen molar-refractivity contribution in [2.75, 3.05) is 26.7 Å². The van der Waals surface area contributed by atoms with Crippen molar-refractivity contribution in [3.05, 3.63) is 20.8 Å². The molecule has 1 N–H and O–H groups in total. The van der Waals surface area contributed by atoms with Crippen molar-refractivity contribution in [2.45, 2.75) is 47.1 Å². The van der Waals surface area contributed by atoms with Crippen molar-refractivity contribution in [2.24, 2.45) is 11.3 Å². The molecular weight excluding hydrogens is 344 g/mol. The Morgan fingerprint density at radius 1 is 1.43 bits per heavy atom. The summed E-state index contributed by atoms with van der Waals surface area (Å²) < 4.78 is 1.20. The van der Waals surface area contributed by atoms with Crippen LogP contribution in [0.15, 0.2) is 15.9 Å². The number of nitrogens with one attached hydrogen (secondary N) is 1. The van der Waals surface area contributed by atoms with Gasteiger partial charge in [-0.3, -0.25) is 0 Å². The Hall–Kier alpha value is 0.1000. The minimum absolute atomic E-state index is 0.354. The molecule has 2 nitrogen and oxygen atoms in total. The standard InChI is InChI=1S/C17H31BrN2S/c1-6-7-17(4,12-19-9-14(2)3)13-20(5)10-16-8-15(18)11-21-16/h8,11,14,19H,6-7,9-10,12-13H2,1-5H3. The monoisotopic (exact) mass is 374 g/mol. The van der Waals surface area contributed by atoms with Gasteiger partial charge in [0.05, 0.1) is 0 Å². The zero-order valence-corrected chi connectivity index (χ0v) is 16.6. The summed E-state index contributed by atoms with van der Waals surface area (Å²) in [5, 5.41) is 5.82. The van der Waals surface area contributed by atoms with Gasteiger partial charge in [0.1, 0.15) is 0 Å². The quantitative estimate of drug-likeness (QED) is 0.619. The second kappa shape index (κ2) is 9.29. The predicted octanol–water partition coefficient (Wildman–Crippen LogP) is 4.99. The van der Waals surface area contributed by atoms with E-state index in [0.29, 0.717) is 5.41 Å². The summed E-state index contributed by atoms with van der Waals surface area (Å²) in [5.41, 5.74) is 0.354. The normalized spacial score (nSPS) is 14.9. The van der Waals surface area contributed by atoms with Gasteiger partial charge in [-0.05, 0) is 53.3 Å². The minimum atomic E-state index is 0.354. The van der Waals surface area contributed by atoms with Gasteiger partial charge in [0.2, 0.25) is 0 Å². The number of hydrogen-bond acceptors (Lipinski definition) is 3. The predicted molar refractivity (Wildman–Crippen MR) is 99.1 cm³/mol. The molecule has 0 amide bonds. The number of rotatable bonds is 10. The summed E-state index contributed by atoms with van der Waals surface area (Å²) in [6.07, 6.45) is 2.52. The molecule has 0 aromatic carbocycles. The van der Waals surface area contributed by atoms with E-state index in [1.54, 1.807) is 0 Å². The van der Waals surface area contributed by atoms with Gasteiger partial charge in [-0.1, -0.05) is 34.1 Å². The van der Waals surface area contributed by atoms with Crippen molar-refractivity contribution < 1.29 is 0 Å². The molecular formula is C17H31BrN2S. The van der Waals surface area contributed by atoms with Crippen LogP contribution in [0.4, 0.5) is 0 Å². The lowest BCUT2D eigenvalue weighted by molar-refractivity contribution is 0.168. The maximum absolute atomic E-state index is 3.65. The highest BCUT2D eigenvalue weighted by Gasteiger charge is 2.25. The molecule has 1 unspecified atom stereocenters. The fraction of sp³-hybridized carbons (Fsp3) is 0.765. The van der Waals surface area contributed by atoms with E-state index in [0.717, 1.165) is 32.1 Å². The Kier molecular flexibility index (Phi) is 8.47. The van der Waals surface area contributed by atoms with Crippen LogP contribution in [0.1, 0.15) is 45.4 Å². The molecule has 122 valence electrons. The van der Waals surface area contributed by atoms with Crippen molar-refractivity contribution in [3.8, 4) is 0 Å². The molecule has 0 spiro atoms. The van der Waals surface area contributed by atoms with E-state index in [4.69, 9.17) is 0 Å². The summed E-state index contributed by atoms with van der Waals surface area (Å²) >= 11 is 5.37. The number of thiophene rings is 1. The van der Waals surface area contributed by atoms with Gasteiger partial charge < -0.3 is 10.2 Å². The largest absolute Gasteiger partial charge is 0.316 e. The third-order valence-corrected chi connectivity index (χ3v) is 5.34. The maximum atomic E-state index is 3.65. The first kappa shape index (κ1) is 19.1. The highest BCUT2D eigenvalue weighted by molar-refractivity contribution is 9.10. The summed E-state index contributed by atoms with van der Waals surface area (Å²) in [5.74, 6) is 0.720. The van der Waals surface area contributed by atoms with Crippen LogP contribution in [0.2, 0.25) is 0 Å². The highest BCUT2D eigenvalue weighted by atomic mass is 79.9.